The number of thioether (sulfide) groups is 1. The quantitative estimate of drug-likeness (QED) is 0.0594. The van der Waals surface area contributed by atoms with Gasteiger partial charge in [-0.3, -0.25) is 14.4 Å². The molecular formula is C37H29N3O6S. The van der Waals surface area contributed by atoms with E-state index in [1.165, 1.54) is 30.0 Å². The van der Waals surface area contributed by atoms with Gasteiger partial charge >= 0.3 is 5.97 Å². The molecule has 5 aromatic carbocycles. The van der Waals surface area contributed by atoms with Crippen LogP contribution >= 0.6 is 11.8 Å². The number of hydrogen-bond donors (Lipinski definition) is 5. The summed E-state index contributed by atoms with van der Waals surface area (Å²) in [5.41, 5.74) is 2.28. The molecule has 1 atom stereocenters. The molecule has 0 fully saturated rings. The number of rotatable bonds is 11. The van der Waals surface area contributed by atoms with Crippen LogP contribution in [-0.4, -0.2) is 33.9 Å². The second kappa shape index (κ2) is 15.2. The van der Waals surface area contributed by atoms with E-state index in [1.54, 1.807) is 60.7 Å². The average Bonchev–Trinajstić information content (AvgIpc) is 3.09. The highest BCUT2D eigenvalue weighted by molar-refractivity contribution is 8.00. The van der Waals surface area contributed by atoms with Crippen molar-refractivity contribution in [3.05, 3.63) is 161 Å². The van der Waals surface area contributed by atoms with E-state index in [2.05, 4.69) is 16.0 Å². The number of amides is 3. The Morgan fingerprint density at radius 3 is 1.91 bits per heavy atom. The van der Waals surface area contributed by atoms with Gasteiger partial charge in [-0.2, -0.15) is 0 Å². The Morgan fingerprint density at radius 1 is 0.681 bits per heavy atom. The molecule has 5 aromatic rings. The Morgan fingerprint density at radius 2 is 1.28 bits per heavy atom. The van der Waals surface area contributed by atoms with Gasteiger partial charge in [-0.1, -0.05) is 78.9 Å². The lowest BCUT2D eigenvalue weighted by Crippen LogP contribution is -2.30. The van der Waals surface area contributed by atoms with E-state index in [9.17, 15) is 29.4 Å². The summed E-state index contributed by atoms with van der Waals surface area (Å²) in [5.74, 6) is -3.06. The number of carboxylic acid groups (broad SMARTS) is 1. The van der Waals surface area contributed by atoms with Gasteiger partial charge in [0, 0.05) is 21.8 Å². The minimum Gasteiger partial charge on any atom is -0.507 e. The first kappa shape index (κ1) is 32.3. The van der Waals surface area contributed by atoms with Crippen LogP contribution in [0.15, 0.2) is 144 Å². The third-order valence-corrected chi connectivity index (χ3v) is 8.11. The summed E-state index contributed by atoms with van der Waals surface area (Å²) in [7, 11) is 0. The Bertz CT molecular complexity index is 1920. The van der Waals surface area contributed by atoms with Gasteiger partial charge in [0.2, 0.25) is 5.91 Å². The lowest BCUT2D eigenvalue weighted by Gasteiger charge is -2.18. The first-order valence-corrected chi connectivity index (χ1v) is 15.3. The first-order valence-electron chi connectivity index (χ1n) is 14.4. The van der Waals surface area contributed by atoms with Crippen LogP contribution in [-0.2, 0) is 9.59 Å². The molecule has 0 radical (unpaired) electrons. The zero-order valence-electron chi connectivity index (χ0n) is 24.8. The molecule has 47 heavy (non-hydrogen) atoms. The fraction of sp³-hybridized carbons (Fsp3) is 0.0270. The highest BCUT2D eigenvalue weighted by Gasteiger charge is 2.23. The predicted octanol–water partition coefficient (Wildman–Crippen LogP) is 6.97. The van der Waals surface area contributed by atoms with Crippen molar-refractivity contribution in [1.82, 2.24) is 5.32 Å². The smallest absolute Gasteiger partial charge is 0.339 e. The molecule has 0 aliphatic carbocycles. The molecule has 0 aromatic heterocycles. The molecule has 5 rings (SSSR count). The van der Waals surface area contributed by atoms with Gasteiger partial charge in [0.1, 0.15) is 22.3 Å². The van der Waals surface area contributed by atoms with E-state index in [1.807, 2.05) is 60.7 Å². The molecule has 0 bridgehead atoms. The zero-order valence-corrected chi connectivity index (χ0v) is 25.6. The molecule has 3 amide bonds. The van der Waals surface area contributed by atoms with E-state index in [4.69, 9.17) is 0 Å². The van der Waals surface area contributed by atoms with Gasteiger partial charge in [0.15, 0.2) is 0 Å². The normalized spacial score (nSPS) is 11.6. The number of benzene rings is 5. The van der Waals surface area contributed by atoms with E-state index in [0.29, 0.717) is 11.3 Å². The minimum atomic E-state index is -1.32. The lowest BCUT2D eigenvalue weighted by atomic mass is 10.1. The summed E-state index contributed by atoms with van der Waals surface area (Å²) >= 11 is 1.27. The van der Waals surface area contributed by atoms with Crippen molar-refractivity contribution in [2.24, 2.45) is 0 Å². The van der Waals surface area contributed by atoms with Gasteiger partial charge in [-0.25, -0.2) is 4.79 Å². The van der Waals surface area contributed by atoms with Crippen molar-refractivity contribution in [2.75, 3.05) is 10.6 Å². The molecule has 1 unspecified atom stereocenters. The fourth-order valence-corrected chi connectivity index (χ4v) is 5.53. The van der Waals surface area contributed by atoms with Crippen LogP contribution in [0.5, 0.6) is 5.75 Å². The second-order valence-corrected chi connectivity index (χ2v) is 11.4. The van der Waals surface area contributed by atoms with E-state index in [0.717, 1.165) is 16.0 Å². The third-order valence-electron chi connectivity index (χ3n) is 6.84. The van der Waals surface area contributed by atoms with Crippen molar-refractivity contribution in [3.63, 3.8) is 0 Å². The molecule has 0 aliphatic heterocycles. The minimum absolute atomic E-state index is 0.0598. The number of carbonyl (C=O) groups is 4. The van der Waals surface area contributed by atoms with Crippen LogP contribution in [0.3, 0.4) is 0 Å². The van der Waals surface area contributed by atoms with E-state index < -0.39 is 34.7 Å². The molecule has 9 nitrogen and oxygen atoms in total. The standard InChI is InChI=1S/C37H29N3O6S/c41-32-21-18-28(23-30(32)37(45)46)39-36(44)33(25-12-6-2-7-13-25)47-29-19-16-27(17-20-29)38-35(43)31(22-24-10-4-1-5-11-24)40-34(42)26-14-8-3-9-15-26/h1-23,33,41H,(H,38,43)(H,39,44)(H,40,42)(H,45,46)/b31-22-. The number of carboxylic acids is 1. The zero-order chi connectivity index (χ0) is 33.2. The van der Waals surface area contributed by atoms with Crippen LogP contribution < -0.4 is 16.0 Å². The van der Waals surface area contributed by atoms with E-state index >= 15 is 0 Å². The maximum absolute atomic E-state index is 13.5. The molecule has 5 N–H and O–H groups in total. The summed E-state index contributed by atoms with van der Waals surface area (Å²) in [6.45, 7) is 0. The molecule has 0 aliphatic rings. The Balaban J connectivity index is 1.32. The highest BCUT2D eigenvalue weighted by Crippen LogP contribution is 2.37. The molecule has 234 valence electrons. The number of anilines is 2. The van der Waals surface area contributed by atoms with Crippen LogP contribution in [0.1, 0.15) is 37.1 Å². The van der Waals surface area contributed by atoms with Crippen molar-refractivity contribution in [3.8, 4) is 5.75 Å². The number of aromatic hydroxyl groups is 1. The summed E-state index contributed by atoms with van der Waals surface area (Å²) in [6.07, 6.45) is 1.59. The van der Waals surface area contributed by atoms with Crippen LogP contribution in [0.4, 0.5) is 11.4 Å². The van der Waals surface area contributed by atoms with Gasteiger partial charge < -0.3 is 26.2 Å². The lowest BCUT2D eigenvalue weighted by molar-refractivity contribution is -0.116. The van der Waals surface area contributed by atoms with Gasteiger partial charge in [-0.05, 0) is 71.8 Å². The third kappa shape index (κ3) is 8.74. The molecule has 0 saturated heterocycles. The SMILES string of the molecule is O=C(Nc1ccc(SC(C(=O)Nc2ccc(O)c(C(=O)O)c2)c2ccccc2)cc1)/C(=C/c1ccccc1)NC(=O)c1ccccc1. The van der Waals surface area contributed by atoms with Gasteiger partial charge in [-0.15, -0.1) is 11.8 Å². The highest BCUT2D eigenvalue weighted by atomic mass is 32.2. The average molecular weight is 644 g/mol. The van der Waals surface area contributed by atoms with E-state index in [-0.39, 0.29) is 16.9 Å². The van der Waals surface area contributed by atoms with Crippen LogP contribution in [0.25, 0.3) is 6.08 Å². The van der Waals surface area contributed by atoms with Crippen molar-refractivity contribution in [2.45, 2.75) is 10.1 Å². The number of carbonyl (C=O) groups excluding carboxylic acids is 3. The first-order chi connectivity index (χ1) is 22.8. The summed E-state index contributed by atoms with van der Waals surface area (Å²) in [6, 6.07) is 37.6. The fourth-order valence-electron chi connectivity index (χ4n) is 4.50. The Hall–Kier alpha value is -6.13. The topological polar surface area (TPSA) is 145 Å². The van der Waals surface area contributed by atoms with Crippen molar-refractivity contribution >= 4 is 52.9 Å². The maximum Gasteiger partial charge on any atom is 0.339 e. The van der Waals surface area contributed by atoms with Crippen LogP contribution in [0.2, 0.25) is 0 Å². The summed E-state index contributed by atoms with van der Waals surface area (Å²) in [5, 5.41) is 26.8. The number of hydrogen-bond acceptors (Lipinski definition) is 6. The monoisotopic (exact) mass is 643 g/mol. The van der Waals surface area contributed by atoms with Gasteiger partial charge in [0.05, 0.1) is 0 Å². The summed E-state index contributed by atoms with van der Waals surface area (Å²) < 4.78 is 0. The van der Waals surface area contributed by atoms with Gasteiger partial charge in [0.25, 0.3) is 11.8 Å². The largest absolute Gasteiger partial charge is 0.507 e. The van der Waals surface area contributed by atoms with Crippen molar-refractivity contribution in [1.29, 1.82) is 0 Å². The molecule has 0 saturated carbocycles. The number of aromatic carboxylic acids is 1. The molecular weight excluding hydrogens is 614 g/mol. The number of phenols is 1. The maximum atomic E-state index is 13.5. The Labute approximate surface area is 275 Å². The molecule has 0 heterocycles. The van der Waals surface area contributed by atoms with Crippen molar-refractivity contribution < 1.29 is 29.4 Å². The summed E-state index contributed by atoms with van der Waals surface area (Å²) in [4.78, 5) is 51.9. The second-order valence-electron chi connectivity index (χ2n) is 10.2. The molecule has 10 heteroatoms. The van der Waals surface area contributed by atoms with Crippen LogP contribution in [0, 0.1) is 0 Å². The molecule has 0 spiro atoms. The Kier molecular flexibility index (Phi) is 10.5. The number of nitrogens with one attached hydrogen (secondary N) is 3. The predicted molar refractivity (Wildman–Crippen MR) is 182 cm³/mol.